The van der Waals surface area contributed by atoms with Gasteiger partial charge in [-0.15, -0.1) is 0 Å². The second-order valence-corrected chi connectivity index (χ2v) is 6.49. The summed E-state index contributed by atoms with van der Waals surface area (Å²) in [6, 6.07) is 8.53. The molecule has 1 aliphatic rings. The number of benzene rings is 1. The summed E-state index contributed by atoms with van der Waals surface area (Å²) < 4.78 is 11.4. The third-order valence-electron chi connectivity index (χ3n) is 3.57. The van der Waals surface area contributed by atoms with Crippen LogP contribution in [0.3, 0.4) is 0 Å². The van der Waals surface area contributed by atoms with Crippen LogP contribution in [0.4, 0.5) is 0 Å². The molecule has 1 fully saturated rings. The first kappa shape index (κ1) is 15.5. The molecular formula is C17H27NO2. The summed E-state index contributed by atoms with van der Waals surface area (Å²) >= 11 is 0. The molecule has 2 rings (SSSR count). The van der Waals surface area contributed by atoms with Gasteiger partial charge in [0.05, 0.1) is 12.7 Å². The van der Waals surface area contributed by atoms with E-state index in [0.717, 1.165) is 32.6 Å². The summed E-state index contributed by atoms with van der Waals surface area (Å²) in [5, 5.41) is 3.54. The lowest BCUT2D eigenvalue weighted by molar-refractivity contribution is -0.0392. The number of rotatable bonds is 5. The fourth-order valence-corrected chi connectivity index (χ4v) is 2.28. The Morgan fingerprint density at radius 1 is 1.15 bits per heavy atom. The van der Waals surface area contributed by atoms with Gasteiger partial charge in [0.2, 0.25) is 0 Å². The summed E-state index contributed by atoms with van der Waals surface area (Å²) in [7, 11) is 0. The van der Waals surface area contributed by atoms with Crippen molar-refractivity contribution in [3.8, 4) is 0 Å². The van der Waals surface area contributed by atoms with Gasteiger partial charge in [-0.25, -0.2) is 0 Å². The van der Waals surface area contributed by atoms with E-state index in [2.05, 4.69) is 50.4 Å². The molecule has 1 aliphatic heterocycles. The Balaban J connectivity index is 1.89. The van der Waals surface area contributed by atoms with Crippen molar-refractivity contribution in [1.29, 1.82) is 0 Å². The van der Waals surface area contributed by atoms with Crippen LogP contribution in [-0.2, 0) is 22.6 Å². The predicted molar refractivity (Wildman–Crippen MR) is 81.7 cm³/mol. The van der Waals surface area contributed by atoms with Gasteiger partial charge in [0.1, 0.15) is 0 Å². The highest BCUT2D eigenvalue weighted by atomic mass is 16.5. The molecule has 0 radical (unpaired) electrons. The Kier molecular flexibility index (Phi) is 5.58. The van der Waals surface area contributed by atoms with Crippen LogP contribution in [0.1, 0.15) is 44.7 Å². The third kappa shape index (κ3) is 5.23. The highest BCUT2D eigenvalue weighted by Gasteiger charge is 2.15. The van der Waals surface area contributed by atoms with E-state index in [0.29, 0.717) is 12.7 Å². The Morgan fingerprint density at radius 3 is 2.45 bits per heavy atom. The van der Waals surface area contributed by atoms with Crippen LogP contribution in [0.15, 0.2) is 24.3 Å². The molecule has 1 saturated heterocycles. The second-order valence-electron chi connectivity index (χ2n) is 6.49. The van der Waals surface area contributed by atoms with Crippen LogP contribution in [0, 0.1) is 0 Å². The van der Waals surface area contributed by atoms with Crippen LogP contribution < -0.4 is 5.32 Å². The second kappa shape index (κ2) is 7.21. The van der Waals surface area contributed by atoms with E-state index in [1.165, 1.54) is 11.1 Å². The molecular weight excluding hydrogens is 250 g/mol. The van der Waals surface area contributed by atoms with Gasteiger partial charge in [0.15, 0.2) is 0 Å². The van der Waals surface area contributed by atoms with Crippen LogP contribution in [0.2, 0.25) is 0 Å². The fraction of sp³-hybridized carbons (Fsp3) is 0.647. The Morgan fingerprint density at radius 2 is 1.80 bits per heavy atom. The molecule has 3 nitrogen and oxygen atoms in total. The maximum absolute atomic E-state index is 6.03. The molecule has 1 heterocycles. The Hall–Kier alpha value is -0.900. The first-order chi connectivity index (χ1) is 9.54. The maximum Gasteiger partial charge on any atom is 0.0723 e. The minimum atomic E-state index is 0.134. The minimum absolute atomic E-state index is 0.134. The largest absolute Gasteiger partial charge is 0.381 e. The standard InChI is InChI=1S/C17H27NO2/c1-17(2,3)18-12-14-6-4-5-7-15(14)13-20-16-8-10-19-11-9-16/h4-7,16,18H,8-13H2,1-3H3. The number of ether oxygens (including phenoxy) is 2. The van der Waals surface area contributed by atoms with Gasteiger partial charge in [-0.1, -0.05) is 24.3 Å². The zero-order chi connectivity index (χ0) is 14.4. The van der Waals surface area contributed by atoms with Crippen molar-refractivity contribution in [1.82, 2.24) is 5.32 Å². The molecule has 112 valence electrons. The average molecular weight is 277 g/mol. The zero-order valence-corrected chi connectivity index (χ0v) is 12.9. The molecule has 0 atom stereocenters. The lowest BCUT2D eigenvalue weighted by Crippen LogP contribution is -2.35. The Bertz CT molecular complexity index is 406. The quantitative estimate of drug-likeness (QED) is 0.896. The summed E-state index contributed by atoms with van der Waals surface area (Å²) in [6.45, 7) is 9.82. The molecule has 0 aliphatic carbocycles. The molecule has 1 N–H and O–H groups in total. The van der Waals surface area contributed by atoms with Gasteiger partial charge >= 0.3 is 0 Å². The molecule has 0 spiro atoms. The summed E-state index contributed by atoms with van der Waals surface area (Å²) in [6.07, 6.45) is 2.39. The normalized spacial score (nSPS) is 17.4. The fourth-order valence-electron chi connectivity index (χ4n) is 2.28. The molecule has 0 bridgehead atoms. The van der Waals surface area contributed by atoms with Crippen molar-refractivity contribution in [2.24, 2.45) is 0 Å². The van der Waals surface area contributed by atoms with E-state index in [1.807, 2.05) is 0 Å². The van der Waals surface area contributed by atoms with Crippen molar-refractivity contribution in [2.75, 3.05) is 13.2 Å². The highest BCUT2D eigenvalue weighted by molar-refractivity contribution is 5.26. The van der Waals surface area contributed by atoms with E-state index >= 15 is 0 Å². The summed E-state index contributed by atoms with van der Waals surface area (Å²) in [5.41, 5.74) is 2.75. The molecule has 0 amide bonds. The molecule has 20 heavy (non-hydrogen) atoms. The van der Waals surface area contributed by atoms with E-state index in [-0.39, 0.29) is 5.54 Å². The van der Waals surface area contributed by atoms with Gasteiger partial charge in [-0.3, -0.25) is 0 Å². The monoisotopic (exact) mass is 277 g/mol. The van der Waals surface area contributed by atoms with Crippen LogP contribution in [-0.4, -0.2) is 24.9 Å². The number of nitrogens with one attached hydrogen (secondary N) is 1. The first-order valence-corrected chi connectivity index (χ1v) is 7.56. The average Bonchev–Trinajstić information content (AvgIpc) is 2.44. The van der Waals surface area contributed by atoms with Gasteiger partial charge in [-0.05, 0) is 44.7 Å². The van der Waals surface area contributed by atoms with Gasteiger partial charge in [0, 0.05) is 25.3 Å². The van der Waals surface area contributed by atoms with Crippen molar-refractivity contribution in [3.63, 3.8) is 0 Å². The van der Waals surface area contributed by atoms with Crippen molar-refractivity contribution >= 4 is 0 Å². The topological polar surface area (TPSA) is 30.5 Å². The van der Waals surface area contributed by atoms with E-state index in [9.17, 15) is 0 Å². The molecule has 0 unspecified atom stereocenters. The van der Waals surface area contributed by atoms with Crippen molar-refractivity contribution in [2.45, 2.75) is 58.4 Å². The summed E-state index contributed by atoms with van der Waals surface area (Å²) in [5.74, 6) is 0. The molecule has 3 heteroatoms. The van der Waals surface area contributed by atoms with Crippen molar-refractivity contribution in [3.05, 3.63) is 35.4 Å². The molecule has 1 aromatic carbocycles. The third-order valence-corrected chi connectivity index (χ3v) is 3.57. The predicted octanol–water partition coefficient (Wildman–Crippen LogP) is 3.27. The highest BCUT2D eigenvalue weighted by Crippen LogP contribution is 2.16. The van der Waals surface area contributed by atoms with Crippen LogP contribution in [0.25, 0.3) is 0 Å². The van der Waals surface area contributed by atoms with E-state index < -0.39 is 0 Å². The molecule has 1 aromatic rings. The SMILES string of the molecule is CC(C)(C)NCc1ccccc1COC1CCOCC1. The maximum atomic E-state index is 6.03. The molecule has 0 aromatic heterocycles. The number of hydrogen-bond acceptors (Lipinski definition) is 3. The minimum Gasteiger partial charge on any atom is -0.381 e. The van der Waals surface area contributed by atoms with Gasteiger partial charge < -0.3 is 14.8 Å². The van der Waals surface area contributed by atoms with Crippen LogP contribution in [0.5, 0.6) is 0 Å². The summed E-state index contributed by atoms with van der Waals surface area (Å²) in [4.78, 5) is 0. The lowest BCUT2D eigenvalue weighted by Gasteiger charge is -2.24. The number of hydrogen-bond donors (Lipinski definition) is 1. The van der Waals surface area contributed by atoms with Crippen LogP contribution >= 0.6 is 0 Å². The lowest BCUT2D eigenvalue weighted by atomic mass is 10.0. The van der Waals surface area contributed by atoms with Crippen molar-refractivity contribution < 1.29 is 9.47 Å². The van der Waals surface area contributed by atoms with Gasteiger partial charge in [0.25, 0.3) is 0 Å². The smallest absolute Gasteiger partial charge is 0.0723 e. The van der Waals surface area contributed by atoms with E-state index in [4.69, 9.17) is 9.47 Å². The molecule has 0 saturated carbocycles. The van der Waals surface area contributed by atoms with Gasteiger partial charge in [-0.2, -0.15) is 0 Å². The zero-order valence-electron chi connectivity index (χ0n) is 12.9. The first-order valence-electron chi connectivity index (χ1n) is 7.56. The Labute approximate surface area is 122 Å². The van der Waals surface area contributed by atoms with E-state index in [1.54, 1.807) is 0 Å².